The van der Waals surface area contributed by atoms with Gasteiger partial charge in [-0.25, -0.2) is 0 Å². The van der Waals surface area contributed by atoms with E-state index < -0.39 is 0 Å². The number of hydrogen-bond donors (Lipinski definition) is 1. The molecule has 1 aliphatic heterocycles. The molecule has 2 aliphatic rings. The van der Waals surface area contributed by atoms with E-state index in [0.29, 0.717) is 12.8 Å². The summed E-state index contributed by atoms with van der Waals surface area (Å²) in [7, 11) is 0. The van der Waals surface area contributed by atoms with Gasteiger partial charge in [0.2, 0.25) is 6.79 Å². The second-order valence-electron chi connectivity index (χ2n) is 6.18. The fourth-order valence-electron chi connectivity index (χ4n) is 3.30. The van der Waals surface area contributed by atoms with Crippen LogP contribution in [0.25, 0.3) is 0 Å². The van der Waals surface area contributed by atoms with E-state index in [-0.39, 0.29) is 0 Å². The second kappa shape index (κ2) is 5.94. The third-order valence-electron chi connectivity index (χ3n) is 4.53. The minimum atomic E-state index is 0.330. The average molecular weight is 340 g/mol. The molecule has 110 valence electrons. The van der Waals surface area contributed by atoms with Crippen LogP contribution in [0, 0.1) is 11.8 Å². The minimum Gasteiger partial charge on any atom is -0.454 e. The molecule has 4 heteroatoms. The van der Waals surface area contributed by atoms with Gasteiger partial charge in [-0.15, -0.1) is 0 Å². The molecule has 1 aromatic carbocycles. The van der Waals surface area contributed by atoms with Crippen molar-refractivity contribution in [3.05, 3.63) is 22.2 Å². The molecule has 0 saturated heterocycles. The number of ether oxygens (including phenoxy) is 2. The van der Waals surface area contributed by atoms with Crippen LogP contribution in [0.2, 0.25) is 0 Å². The summed E-state index contributed by atoms with van der Waals surface area (Å²) in [5.41, 5.74) is 1.24. The van der Waals surface area contributed by atoms with Crippen LogP contribution in [-0.4, -0.2) is 12.8 Å². The van der Waals surface area contributed by atoms with Crippen LogP contribution in [0.15, 0.2) is 16.6 Å². The van der Waals surface area contributed by atoms with Crippen molar-refractivity contribution in [2.75, 3.05) is 6.79 Å². The highest BCUT2D eigenvalue weighted by Gasteiger charge is 2.25. The molecule has 0 spiro atoms. The van der Waals surface area contributed by atoms with E-state index in [1.165, 1.54) is 24.8 Å². The summed E-state index contributed by atoms with van der Waals surface area (Å²) in [5, 5.41) is 3.71. The Balaban J connectivity index is 1.64. The van der Waals surface area contributed by atoms with Crippen LogP contribution >= 0.6 is 15.9 Å². The van der Waals surface area contributed by atoms with E-state index in [1.807, 2.05) is 6.07 Å². The molecule has 1 N–H and O–H groups in total. The smallest absolute Gasteiger partial charge is 0.231 e. The lowest BCUT2D eigenvalue weighted by atomic mass is 9.80. The van der Waals surface area contributed by atoms with Crippen LogP contribution in [0.1, 0.15) is 38.7 Å². The lowest BCUT2D eigenvalue weighted by Gasteiger charge is -2.33. The van der Waals surface area contributed by atoms with Crippen molar-refractivity contribution in [2.45, 2.75) is 45.7 Å². The average Bonchev–Trinajstić information content (AvgIpc) is 2.84. The summed E-state index contributed by atoms with van der Waals surface area (Å²) < 4.78 is 11.9. The van der Waals surface area contributed by atoms with Crippen molar-refractivity contribution in [1.29, 1.82) is 0 Å². The Bertz CT molecular complexity index is 492. The van der Waals surface area contributed by atoms with E-state index in [4.69, 9.17) is 9.47 Å². The summed E-state index contributed by atoms with van der Waals surface area (Å²) in [6.07, 6.45) is 3.95. The highest BCUT2D eigenvalue weighted by atomic mass is 79.9. The molecule has 1 fully saturated rings. The van der Waals surface area contributed by atoms with E-state index in [2.05, 4.69) is 41.2 Å². The summed E-state index contributed by atoms with van der Waals surface area (Å²) in [6.45, 7) is 5.93. The molecular formula is C16H22BrNO2. The summed E-state index contributed by atoms with van der Waals surface area (Å²) >= 11 is 3.62. The topological polar surface area (TPSA) is 30.5 Å². The number of hydrogen-bond acceptors (Lipinski definition) is 3. The molecule has 3 rings (SSSR count). The van der Waals surface area contributed by atoms with Gasteiger partial charge in [-0.3, -0.25) is 0 Å². The number of halogens is 1. The molecule has 3 atom stereocenters. The van der Waals surface area contributed by atoms with Crippen molar-refractivity contribution in [3.8, 4) is 11.5 Å². The van der Waals surface area contributed by atoms with Crippen molar-refractivity contribution in [3.63, 3.8) is 0 Å². The van der Waals surface area contributed by atoms with Gasteiger partial charge in [0.15, 0.2) is 11.5 Å². The quantitative estimate of drug-likeness (QED) is 0.899. The number of benzene rings is 1. The van der Waals surface area contributed by atoms with Crippen LogP contribution in [0.3, 0.4) is 0 Å². The fourth-order valence-corrected chi connectivity index (χ4v) is 3.77. The maximum absolute atomic E-state index is 5.45. The highest BCUT2D eigenvalue weighted by molar-refractivity contribution is 9.10. The van der Waals surface area contributed by atoms with Gasteiger partial charge in [0.05, 0.1) is 0 Å². The first-order chi connectivity index (χ1) is 9.63. The third kappa shape index (κ3) is 2.96. The first-order valence-electron chi connectivity index (χ1n) is 7.45. The van der Waals surface area contributed by atoms with Crippen molar-refractivity contribution >= 4 is 15.9 Å². The maximum Gasteiger partial charge on any atom is 0.231 e. The predicted octanol–water partition coefficient (Wildman–Crippen LogP) is 4.09. The molecule has 3 nitrogen and oxygen atoms in total. The lowest BCUT2D eigenvalue weighted by Crippen LogP contribution is -2.38. The molecule has 1 aromatic rings. The molecule has 0 bridgehead atoms. The molecule has 0 radical (unpaired) electrons. The Hall–Kier alpha value is -0.740. The largest absolute Gasteiger partial charge is 0.454 e. The zero-order valence-corrected chi connectivity index (χ0v) is 13.7. The second-order valence-corrected chi connectivity index (χ2v) is 7.03. The van der Waals surface area contributed by atoms with E-state index in [0.717, 1.165) is 34.4 Å². The van der Waals surface area contributed by atoms with Gasteiger partial charge >= 0.3 is 0 Å². The van der Waals surface area contributed by atoms with Gasteiger partial charge in [-0.1, -0.05) is 29.8 Å². The van der Waals surface area contributed by atoms with Crippen LogP contribution in [0.4, 0.5) is 0 Å². The number of rotatable bonds is 3. The maximum atomic E-state index is 5.45. The Kier molecular flexibility index (Phi) is 4.22. The van der Waals surface area contributed by atoms with Gasteiger partial charge in [0.25, 0.3) is 0 Å². The number of nitrogens with one attached hydrogen (secondary N) is 1. The highest BCUT2D eigenvalue weighted by Crippen LogP contribution is 2.37. The van der Waals surface area contributed by atoms with Crippen LogP contribution < -0.4 is 14.8 Å². The standard InChI is InChI=1S/C16H22BrNO2/c1-10-3-4-14(11(2)5-10)18-8-12-6-15-16(7-13(12)17)20-9-19-15/h6-7,10-11,14,18H,3-5,8-9H2,1-2H3. The summed E-state index contributed by atoms with van der Waals surface area (Å²) in [5.74, 6) is 3.32. The molecule has 20 heavy (non-hydrogen) atoms. The van der Waals surface area contributed by atoms with Gasteiger partial charge in [0, 0.05) is 17.1 Å². The molecule has 0 aromatic heterocycles. The number of fused-ring (bicyclic) bond motifs is 1. The zero-order valence-electron chi connectivity index (χ0n) is 12.1. The Morgan fingerprint density at radius 1 is 1.20 bits per heavy atom. The molecule has 1 aliphatic carbocycles. The van der Waals surface area contributed by atoms with Gasteiger partial charge < -0.3 is 14.8 Å². The zero-order chi connectivity index (χ0) is 14.1. The molecule has 1 saturated carbocycles. The predicted molar refractivity (Wildman–Crippen MR) is 83.1 cm³/mol. The van der Waals surface area contributed by atoms with Crippen LogP contribution in [0.5, 0.6) is 11.5 Å². The Morgan fingerprint density at radius 3 is 2.70 bits per heavy atom. The Morgan fingerprint density at radius 2 is 1.95 bits per heavy atom. The van der Waals surface area contributed by atoms with Gasteiger partial charge in [0.1, 0.15) is 0 Å². The van der Waals surface area contributed by atoms with Crippen LogP contribution in [-0.2, 0) is 6.54 Å². The monoisotopic (exact) mass is 339 g/mol. The SMILES string of the molecule is CC1CCC(NCc2cc3c(cc2Br)OCO3)C(C)C1. The first-order valence-corrected chi connectivity index (χ1v) is 8.24. The van der Waals surface area contributed by atoms with E-state index >= 15 is 0 Å². The summed E-state index contributed by atoms with van der Waals surface area (Å²) in [6, 6.07) is 4.71. The normalized spacial score (nSPS) is 28.6. The molecule has 1 heterocycles. The van der Waals surface area contributed by atoms with Crippen molar-refractivity contribution in [2.24, 2.45) is 11.8 Å². The first kappa shape index (κ1) is 14.2. The summed E-state index contributed by atoms with van der Waals surface area (Å²) in [4.78, 5) is 0. The fraction of sp³-hybridized carbons (Fsp3) is 0.625. The van der Waals surface area contributed by atoms with Gasteiger partial charge in [-0.2, -0.15) is 0 Å². The Labute approximate surface area is 129 Å². The molecular weight excluding hydrogens is 318 g/mol. The minimum absolute atomic E-state index is 0.330. The van der Waals surface area contributed by atoms with Gasteiger partial charge in [-0.05, 0) is 48.8 Å². The van der Waals surface area contributed by atoms with E-state index in [1.54, 1.807) is 0 Å². The van der Waals surface area contributed by atoms with Crippen molar-refractivity contribution < 1.29 is 9.47 Å². The molecule has 3 unspecified atom stereocenters. The van der Waals surface area contributed by atoms with Crippen molar-refractivity contribution in [1.82, 2.24) is 5.32 Å². The lowest BCUT2D eigenvalue weighted by molar-refractivity contribution is 0.174. The molecule has 0 amide bonds. The van der Waals surface area contributed by atoms with E-state index in [9.17, 15) is 0 Å². The third-order valence-corrected chi connectivity index (χ3v) is 5.27.